The van der Waals surface area contributed by atoms with Crippen molar-refractivity contribution >= 4 is 0 Å². The summed E-state index contributed by atoms with van der Waals surface area (Å²) >= 11 is 0. The lowest BCUT2D eigenvalue weighted by atomic mass is 10.3. The van der Waals surface area contributed by atoms with E-state index >= 15 is 0 Å². The monoisotopic (exact) mass is 203 g/mol. The van der Waals surface area contributed by atoms with Gasteiger partial charge in [-0.1, -0.05) is 24.8 Å². The third-order valence-electron chi connectivity index (χ3n) is 2.73. The Hall–Kier alpha value is -1.44. The largest absolute Gasteiger partial charge is 0.489 e. The van der Waals surface area contributed by atoms with Crippen molar-refractivity contribution in [3.8, 4) is 5.75 Å². The molecule has 0 N–H and O–H groups in total. The summed E-state index contributed by atoms with van der Waals surface area (Å²) in [7, 11) is 0. The molecule has 80 valence electrons. The minimum absolute atomic E-state index is 0.309. The molecule has 2 nitrogen and oxygen atoms in total. The molecule has 1 aliphatic heterocycles. The Labute approximate surface area is 91.2 Å². The molecule has 1 atom stereocenters. The molecule has 15 heavy (non-hydrogen) atoms. The Kier molecular flexibility index (Phi) is 2.95. The minimum atomic E-state index is 0.309. The number of ether oxygens (including phenoxy) is 1. The number of allylic oxidation sites excluding steroid dienone is 1. The third kappa shape index (κ3) is 2.52. The molecular weight excluding hydrogens is 186 g/mol. The molecule has 0 spiro atoms. The summed E-state index contributed by atoms with van der Waals surface area (Å²) in [5.41, 5.74) is 1.13. The van der Waals surface area contributed by atoms with Crippen LogP contribution in [0.15, 0.2) is 42.6 Å². The summed E-state index contributed by atoms with van der Waals surface area (Å²) in [5, 5.41) is 0. The molecule has 1 fully saturated rings. The molecule has 0 amide bonds. The Bertz CT molecular complexity index is 334. The fraction of sp³-hybridized carbons (Fsp3) is 0.385. The number of nitrogens with zero attached hydrogens (tertiary/aromatic N) is 1. The number of hydrogen-bond donors (Lipinski definition) is 0. The van der Waals surface area contributed by atoms with Crippen LogP contribution in [0.3, 0.4) is 0 Å². The van der Waals surface area contributed by atoms with Crippen molar-refractivity contribution in [3.63, 3.8) is 0 Å². The lowest BCUT2D eigenvalue weighted by molar-refractivity contribution is 0.209. The van der Waals surface area contributed by atoms with Crippen LogP contribution in [0.2, 0.25) is 0 Å². The fourth-order valence-electron chi connectivity index (χ4n) is 1.86. The maximum absolute atomic E-state index is 5.87. The van der Waals surface area contributed by atoms with Crippen LogP contribution in [-0.2, 0) is 0 Å². The topological polar surface area (TPSA) is 12.5 Å². The van der Waals surface area contributed by atoms with E-state index in [9.17, 15) is 0 Å². The molecule has 0 aromatic heterocycles. The van der Waals surface area contributed by atoms with Crippen molar-refractivity contribution in [2.45, 2.75) is 19.4 Å². The maximum Gasteiger partial charge on any atom is 0.119 e. The maximum atomic E-state index is 5.87. The van der Waals surface area contributed by atoms with Crippen molar-refractivity contribution < 1.29 is 4.74 Å². The van der Waals surface area contributed by atoms with E-state index in [0.29, 0.717) is 6.10 Å². The van der Waals surface area contributed by atoms with Crippen molar-refractivity contribution in [1.82, 2.24) is 4.90 Å². The molecule has 0 radical (unpaired) electrons. The molecular formula is C13H17NO. The van der Waals surface area contributed by atoms with Gasteiger partial charge in [0.1, 0.15) is 11.9 Å². The highest BCUT2D eigenvalue weighted by atomic mass is 16.5. The average Bonchev–Trinajstić information content (AvgIpc) is 2.68. The summed E-state index contributed by atoms with van der Waals surface area (Å²) in [6.45, 7) is 8.02. The van der Waals surface area contributed by atoms with Crippen molar-refractivity contribution in [2.75, 3.05) is 13.1 Å². The summed E-state index contributed by atoms with van der Waals surface area (Å²) in [5.74, 6) is 0.964. The van der Waals surface area contributed by atoms with Crippen molar-refractivity contribution in [1.29, 1.82) is 0 Å². The highest BCUT2D eigenvalue weighted by Crippen LogP contribution is 2.19. The van der Waals surface area contributed by atoms with Crippen LogP contribution in [0.25, 0.3) is 0 Å². The molecule has 2 heteroatoms. The number of hydrogen-bond acceptors (Lipinski definition) is 2. The lowest BCUT2D eigenvalue weighted by Crippen LogP contribution is -2.23. The van der Waals surface area contributed by atoms with Gasteiger partial charge >= 0.3 is 0 Å². The second kappa shape index (κ2) is 4.39. The fourth-order valence-corrected chi connectivity index (χ4v) is 1.86. The van der Waals surface area contributed by atoms with E-state index in [4.69, 9.17) is 4.74 Å². The summed E-state index contributed by atoms with van der Waals surface area (Å²) in [4.78, 5) is 2.27. The first-order chi connectivity index (χ1) is 7.25. The first-order valence-electron chi connectivity index (χ1n) is 5.38. The zero-order valence-electron chi connectivity index (χ0n) is 9.15. The second-order valence-electron chi connectivity index (χ2n) is 4.02. The minimum Gasteiger partial charge on any atom is -0.489 e. The van der Waals surface area contributed by atoms with Crippen LogP contribution >= 0.6 is 0 Å². The molecule has 1 aromatic carbocycles. The van der Waals surface area contributed by atoms with E-state index in [-0.39, 0.29) is 0 Å². The highest BCUT2D eigenvalue weighted by molar-refractivity contribution is 5.21. The summed E-state index contributed by atoms with van der Waals surface area (Å²) in [6.07, 6.45) is 1.39. The van der Waals surface area contributed by atoms with Gasteiger partial charge in [0.25, 0.3) is 0 Å². The number of likely N-dealkylation sites (tertiary alicyclic amines) is 1. The summed E-state index contributed by atoms with van der Waals surface area (Å²) < 4.78 is 5.87. The van der Waals surface area contributed by atoms with Gasteiger partial charge in [-0.2, -0.15) is 0 Å². The first-order valence-corrected chi connectivity index (χ1v) is 5.38. The van der Waals surface area contributed by atoms with E-state index in [1.807, 2.05) is 37.3 Å². The van der Waals surface area contributed by atoms with Gasteiger partial charge in [-0.15, -0.1) is 0 Å². The Morgan fingerprint density at radius 1 is 1.40 bits per heavy atom. The Balaban J connectivity index is 1.90. The molecule has 1 saturated heterocycles. The number of rotatable bonds is 3. The van der Waals surface area contributed by atoms with Gasteiger partial charge < -0.3 is 9.64 Å². The molecule has 1 aromatic rings. The number of para-hydroxylation sites is 1. The predicted octanol–water partition coefficient (Wildman–Crippen LogP) is 2.67. The standard InChI is InChI=1S/C13H17NO/c1-11(2)14-9-8-13(10-14)15-12-6-4-3-5-7-12/h3-7,13H,1,8-10H2,2H3. The molecule has 1 aliphatic rings. The number of benzene rings is 1. The van der Waals surface area contributed by atoms with Gasteiger partial charge in [0, 0.05) is 18.7 Å². The van der Waals surface area contributed by atoms with E-state index in [2.05, 4.69) is 11.5 Å². The van der Waals surface area contributed by atoms with Crippen LogP contribution in [0, 0.1) is 0 Å². The predicted molar refractivity (Wildman–Crippen MR) is 61.9 cm³/mol. The van der Waals surface area contributed by atoms with E-state index in [0.717, 1.165) is 31.0 Å². The SMILES string of the molecule is C=C(C)N1CCC(Oc2ccccc2)C1. The van der Waals surface area contributed by atoms with Crippen molar-refractivity contribution in [2.24, 2.45) is 0 Å². The van der Waals surface area contributed by atoms with Gasteiger partial charge in [0.2, 0.25) is 0 Å². The molecule has 0 bridgehead atoms. The zero-order valence-corrected chi connectivity index (χ0v) is 9.15. The van der Waals surface area contributed by atoms with Gasteiger partial charge in [-0.05, 0) is 19.1 Å². The zero-order chi connectivity index (χ0) is 10.7. The van der Waals surface area contributed by atoms with Crippen LogP contribution in [0.4, 0.5) is 0 Å². The molecule has 1 heterocycles. The molecule has 0 aliphatic carbocycles. The normalized spacial score (nSPS) is 20.3. The highest BCUT2D eigenvalue weighted by Gasteiger charge is 2.23. The average molecular weight is 203 g/mol. The van der Waals surface area contributed by atoms with Crippen LogP contribution < -0.4 is 4.74 Å². The first kappa shape index (κ1) is 10.1. The Morgan fingerprint density at radius 2 is 2.13 bits per heavy atom. The molecule has 0 saturated carbocycles. The van der Waals surface area contributed by atoms with Gasteiger partial charge in [0.15, 0.2) is 0 Å². The van der Waals surface area contributed by atoms with Crippen LogP contribution in [0.5, 0.6) is 5.75 Å². The van der Waals surface area contributed by atoms with E-state index < -0.39 is 0 Å². The summed E-state index contributed by atoms with van der Waals surface area (Å²) in [6, 6.07) is 10.0. The van der Waals surface area contributed by atoms with Gasteiger partial charge in [-0.3, -0.25) is 0 Å². The van der Waals surface area contributed by atoms with Crippen LogP contribution in [-0.4, -0.2) is 24.1 Å². The molecule has 2 rings (SSSR count). The second-order valence-corrected chi connectivity index (χ2v) is 4.02. The van der Waals surface area contributed by atoms with E-state index in [1.54, 1.807) is 0 Å². The lowest BCUT2D eigenvalue weighted by Gasteiger charge is -2.18. The van der Waals surface area contributed by atoms with Gasteiger partial charge in [0.05, 0.1) is 6.54 Å². The van der Waals surface area contributed by atoms with Crippen LogP contribution in [0.1, 0.15) is 13.3 Å². The quantitative estimate of drug-likeness (QED) is 0.749. The smallest absolute Gasteiger partial charge is 0.119 e. The van der Waals surface area contributed by atoms with Crippen molar-refractivity contribution in [3.05, 3.63) is 42.6 Å². The molecule has 1 unspecified atom stereocenters. The van der Waals surface area contributed by atoms with E-state index in [1.165, 1.54) is 0 Å². The van der Waals surface area contributed by atoms with Gasteiger partial charge in [-0.25, -0.2) is 0 Å². The Morgan fingerprint density at radius 3 is 2.73 bits per heavy atom. The third-order valence-corrected chi connectivity index (χ3v) is 2.73.